The van der Waals surface area contributed by atoms with E-state index in [0.29, 0.717) is 6.42 Å². The van der Waals surface area contributed by atoms with Gasteiger partial charge >= 0.3 is 0 Å². The van der Waals surface area contributed by atoms with Gasteiger partial charge in [-0.25, -0.2) is 0 Å². The van der Waals surface area contributed by atoms with Crippen LogP contribution in [-0.2, 0) is 4.79 Å². The highest BCUT2D eigenvalue weighted by molar-refractivity contribution is 6.83. The molecule has 0 radical (unpaired) electrons. The van der Waals surface area contributed by atoms with Crippen molar-refractivity contribution in [2.45, 2.75) is 32.1 Å². The fraction of sp³-hybridized carbons (Fsp3) is 0.500. The van der Waals surface area contributed by atoms with E-state index in [1.165, 1.54) is 0 Å². The highest BCUT2D eigenvalue weighted by Gasteiger charge is 2.13. The molecule has 1 rings (SSSR count). The van der Waals surface area contributed by atoms with E-state index in [-0.39, 0.29) is 11.8 Å². The molecule has 0 bridgehead atoms. The summed E-state index contributed by atoms with van der Waals surface area (Å²) in [5.74, 6) is 3.28. The Balaban J connectivity index is 2.59. The zero-order valence-corrected chi connectivity index (χ0v) is 9.35. The van der Waals surface area contributed by atoms with Crippen molar-refractivity contribution in [3.63, 3.8) is 0 Å². The first-order chi connectivity index (χ1) is 5.97. The lowest BCUT2D eigenvalue weighted by molar-refractivity contribution is -0.115. The van der Waals surface area contributed by atoms with Crippen LogP contribution in [0.1, 0.15) is 6.42 Å². The molecule has 0 aliphatic carbocycles. The smallest absolute Gasteiger partial charge is 0.160 e. The summed E-state index contributed by atoms with van der Waals surface area (Å²) in [6.07, 6.45) is 3.76. The zero-order chi connectivity index (χ0) is 9.90. The van der Waals surface area contributed by atoms with Gasteiger partial charge in [0.25, 0.3) is 0 Å². The van der Waals surface area contributed by atoms with E-state index >= 15 is 0 Å². The minimum absolute atomic E-state index is 0.0317. The van der Waals surface area contributed by atoms with Crippen LogP contribution in [0, 0.1) is 11.5 Å². The molecule has 70 valence electrons. The van der Waals surface area contributed by atoms with Gasteiger partial charge in [-0.1, -0.05) is 25.6 Å². The second kappa shape index (κ2) is 3.80. The molecule has 1 unspecified atom stereocenters. The molecule has 1 aliphatic heterocycles. The van der Waals surface area contributed by atoms with Crippen molar-refractivity contribution < 1.29 is 4.79 Å². The van der Waals surface area contributed by atoms with Crippen LogP contribution in [0.5, 0.6) is 0 Å². The van der Waals surface area contributed by atoms with Crippen molar-refractivity contribution in [2.24, 2.45) is 0 Å². The van der Waals surface area contributed by atoms with Gasteiger partial charge in [-0.05, 0) is 6.08 Å². The topological polar surface area (TPSA) is 29.1 Å². The highest BCUT2D eigenvalue weighted by atomic mass is 28.3. The Bertz CT molecular complexity index is 290. The molecule has 0 saturated heterocycles. The molecule has 3 heteroatoms. The number of ketones is 1. The third kappa shape index (κ3) is 3.95. The number of nitrogens with one attached hydrogen (secondary N) is 1. The lowest BCUT2D eigenvalue weighted by Crippen LogP contribution is -2.30. The lowest BCUT2D eigenvalue weighted by Gasteiger charge is -2.14. The van der Waals surface area contributed by atoms with E-state index in [4.69, 9.17) is 0 Å². The van der Waals surface area contributed by atoms with Crippen LogP contribution in [0.3, 0.4) is 0 Å². The lowest BCUT2D eigenvalue weighted by atomic mass is 10.1. The van der Waals surface area contributed by atoms with Gasteiger partial charge in [0.1, 0.15) is 8.07 Å². The predicted molar refractivity (Wildman–Crippen MR) is 56.8 cm³/mol. The zero-order valence-electron chi connectivity index (χ0n) is 8.35. The first kappa shape index (κ1) is 10.1. The molecule has 0 spiro atoms. The van der Waals surface area contributed by atoms with E-state index < -0.39 is 8.07 Å². The van der Waals surface area contributed by atoms with Crippen molar-refractivity contribution >= 4 is 13.9 Å². The summed E-state index contributed by atoms with van der Waals surface area (Å²) in [7, 11) is -1.30. The summed E-state index contributed by atoms with van der Waals surface area (Å²) < 4.78 is 0. The molecule has 2 nitrogen and oxygen atoms in total. The Morgan fingerprint density at radius 3 is 2.77 bits per heavy atom. The fourth-order valence-electron chi connectivity index (χ4n) is 0.982. The molecule has 0 saturated carbocycles. The van der Waals surface area contributed by atoms with Gasteiger partial charge in [-0.3, -0.25) is 4.79 Å². The number of carbonyl (C=O) groups is 1. The Labute approximate surface area is 80.4 Å². The van der Waals surface area contributed by atoms with Gasteiger partial charge < -0.3 is 5.32 Å². The summed E-state index contributed by atoms with van der Waals surface area (Å²) in [4.78, 5) is 11.0. The van der Waals surface area contributed by atoms with Crippen LogP contribution in [0.2, 0.25) is 19.6 Å². The van der Waals surface area contributed by atoms with Crippen LogP contribution in [0.4, 0.5) is 0 Å². The summed E-state index contributed by atoms with van der Waals surface area (Å²) in [5.41, 5.74) is 3.25. The number of hydrogen-bond acceptors (Lipinski definition) is 2. The maximum Gasteiger partial charge on any atom is 0.160 e. The van der Waals surface area contributed by atoms with Crippen molar-refractivity contribution in [1.29, 1.82) is 0 Å². The average Bonchev–Trinajstić information content (AvgIpc) is 2.00. The van der Waals surface area contributed by atoms with Crippen LogP contribution in [-0.4, -0.2) is 19.9 Å². The summed E-state index contributed by atoms with van der Waals surface area (Å²) in [6, 6.07) is 0.0317. The van der Waals surface area contributed by atoms with Crippen LogP contribution in [0.15, 0.2) is 12.3 Å². The van der Waals surface area contributed by atoms with Crippen LogP contribution in [0.25, 0.3) is 0 Å². The molecule has 1 N–H and O–H groups in total. The monoisotopic (exact) mass is 193 g/mol. The quantitative estimate of drug-likeness (QED) is 0.464. The Kier molecular flexibility index (Phi) is 2.94. The Hall–Kier alpha value is -1.01. The van der Waals surface area contributed by atoms with Crippen molar-refractivity contribution in [3.05, 3.63) is 12.3 Å². The molecule has 1 heterocycles. The predicted octanol–water partition coefficient (Wildman–Crippen LogP) is 1.31. The molecule has 0 fully saturated rings. The maximum atomic E-state index is 11.0. The van der Waals surface area contributed by atoms with E-state index in [1.807, 2.05) is 0 Å². The maximum absolute atomic E-state index is 11.0. The van der Waals surface area contributed by atoms with Gasteiger partial charge in [0.15, 0.2) is 5.78 Å². The van der Waals surface area contributed by atoms with E-state index in [2.05, 4.69) is 36.4 Å². The molecular weight excluding hydrogens is 178 g/mol. The number of hydrogen-bond donors (Lipinski definition) is 1. The second-order valence-electron chi connectivity index (χ2n) is 4.24. The molecule has 0 aromatic heterocycles. The number of allylic oxidation sites excluding steroid dienone is 1. The highest BCUT2D eigenvalue weighted by Crippen LogP contribution is 2.01. The first-order valence-corrected chi connectivity index (χ1v) is 7.95. The largest absolute Gasteiger partial charge is 0.377 e. The minimum atomic E-state index is -1.30. The van der Waals surface area contributed by atoms with Gasteiger partial charge in [0.2, 0.25) is 0 Å². The number of carbonyl (C=O) groups excluding carboxylic acids is 1. The Morgan fingerprint density at radius 2 is 2.23 bits per heavy atom. The third-order valence-electron chi connectivity index (χ3n) is 1.59. The van der Waals surface area contributed by atoms with Crippen molar-refractivity contribution in [3.8, 4) is 11.5 Å². The molecule has 1 aliphatic rings. The number of rotatable bonds is 0. The molecule has 0 aromatic rings. The summed E-state index contributed by atoms with van der Waals surface area (Å²) in [5, 5.41) is 3.07. The van der Waals surface area contributed by atoms with Crippen molar-refractivity contribution in [1.82, 2.24) is 5.32 Å². The molecule has 0 aromatic carbocycles. The van der Waals surface area contributed by atoms with Gasteiger partial charge in [0.05, 0.1) is 6.04 Å². The average molecular weight is 193 g/mol. The first-order valence-electron chi connectivity index (χ1n) is 4.45. The van der Waals surface area contributed by atoms with Crippen LogP contribution < -0.4 is 5.32 Å². The summed E-state index contributed by atoms with van der Waals surface area (Å²) in [6.45, 7) is 6.58. The molecule has 0 amide bonds. The minimum Gasteiger partial charge on any atom is -0.377 e. The van der Waals surface area contributed by atoms with E-state index in [9.17, 15) is 4.79 Å². The molecular formula is C10H15NOSi. The fourth-order valence-corrected chi connectivity index (χ4v) is 1.59. The standard InChI is InChI=1S/C10H15NOSi/c1-13(2,3)7-5-9-8-10(12)4-6-11-9/h4,6,9,11H,8H2,1-3H3. The van der Waals surface area contributed by atoms with Gasteiger partial charge in [-0.15, -0.1) is 5.54 Å². The normalized spacial score (nSPS) is 21.8. The van der Waals surface area contributed by atoms with Crippen LogP contribution >= 0.6 is 0 Å². The summed E-state index contributed by atoms with van der Waals surface area (Å²) >= 11 is 0. The van der Waals surface area contributed by atoms with E-state index in [1.54, 1.807) is 12.3 Å². The van der Waals surface area contributed by atoms with Gasteiger partial charge in [-0.2, -0.15) is 0 Å². The van der Waals surface area contributed by atoms with E-state index in [0.717, 1.165) is 0 Å². The molecule has 13 heavy (non-hydrogen) atoms. The second-order valence-corrected chi connectivity index (χ2v) is 8.99. The SMILES string of the molecule is C[Si](C)(C)C#CC1CC(=O)C=CN1. The Morgan fingerprint density at radius 1 is 1.54 bits per heavy atom. The van der Waals surface area contributed by atoms with Crippen molar-refractivity contribution in [2.75, 3.05) is 0 Å². The van der Waals surface area contributed by atoms with Gasteiger partial charge in [0, 0.05) is 12.6 Å². The molecule has 1 atom stereocenters. The third-order valence-corrected chi connectivity index (χ3v) is 2.49.